The molecule has 1 aromatic rings. The normalized spacial score (nSPS) is 23.4. The van der Waals surface area contributed by atoms with Crippen molar-refractivity contribution in [3.05, 3.63) is 47.5 Å². The first-order valence-corrected chi connectivity index (χ1v) is 6.73. The number of benzene rings is 1. The zero-order valence-corrected chi connectivity index (χ0v) is 11.2. The maximum absolute atomic E-state index is 8.76. The fourth-order valence-corrected chi connectivity index (χ4v) is 1.99. The number of hydrogen-bond acceptors (Lipinski definition) is 3. The lowest BCUT2D eigenvalue weighted by Gasteiger charge is -2.28. The van der Waals surface area contributed by atoms with Crippen LogP contribution < -0.4 is 0 Å². The maximum Gasteiger partial charge on any atom is 0.183 e. The molecular formula is C16H19NO2. The summed E-state index contributed by atoms with van der Waals surface area (Å²) in [6.45, 7) is 3.54. The maximum atomic E-state index is 8.76. The van der Waals surface area contributed by atoms with Crippen molar-refractivity contribution in [3.8, 4) is 6.07 Å². The summed E-state index contributed by atoms with van der Waals surface area (Å²) < 4.78 is 11.4. The molecule has 2 rings (SSSR count). The predicted octanol–water partition coefficient (Wildman–Crippen LogP) is 3.58. The molecule has 0 saturated carbocycles. The Kier molecular flexibility index (Phi) is 5.14. The Morgan fingerprint density at radius 2 is 1.95 bits per heavy atom. The van der Waals surface area contributed by atoms with Gasteiger partial charge >= 0.3 is 0 Å². The van der Waals surface area contributed by atoms with Crippen molar-refractivity contribution < 1.29 is 9.47 Å². The molecule has 0 aromatic heterocycles. The third kappa shape index (κ3) is 3.92. The van der Waals surface area contributed by atoms with Gasteiger partial charge in [0.1, 0.15) is 0 Å². The zero-order chi connectivity index (χ0) is 13.5. The standard InChI is InChI=1S/C16H19NO2/c1-2-3-4-5-14-11-18-16(19-12-14)15-8-6-13(10-17)7-9-15/h4-9,14,16H,2-3,11-12H2,1H3/t14-,16-. The van der Waals surface area contributed by atoms with Gasteiger partial charge in [0, 0.05) is 11.5 Å². The lowest BCUT2D eigenvalue weighted by molar-refractivity contribution is -0.197. The summed E-state index contributed by atoms with van der Waals surface area (Å²) in [6, 6.07) is 9.45. The van der Waals surface area contributed by atoms with E-state index in [1.165, 1.54) is 6.42 Å². The van der Waals surface area contributed by atoms with Crippen molar-refractivity contribution in [2.24, 2.45) is 5.92 Å². The minimum absolute atomic E-state index is 0.302. The largest absolute Gasteiger partial charge is 0.348 e. The number of nitrogens with zero attached hydrogens (tertiary/aromatic N) is 1. The van der Waals surface area contributed by atoms with Crippen LogP contribution in [0.2, 0.25) is 0 Å². The average Bonchev–Trinajstić information content (AvgIpc) is 2.48. The number of unbranched alkanes of at least 4 members (excludes halogenated alkanes) is 1. The van der Waals surface area contributed by atoms with Gasteiger partial charge in [-0.15, -0.1) is 0 Å². The Morgan fingerprint density at radius 3 is 2.53 bits per heavy atom. The van der Waals surface area contributed by atoms with Gasteiger partial charge in [0.2, 0.25) is 0 Å². The van der Waals surface area contributed by atoms with E-state index in [4.69, 9.17) is 14.7 Å². The molecule has 1 saturated heterocycles. The number of nitriles is 1. The molecule has 3 heteroatoms. The Balaban J connectivity index is 1.87. The molecule has 0 bridgehead atoms. The summed E-state index contributed by atoms with van der Waals surface area (Å²) >= 11 is 0. The molecule has 1 aliphatic rings. The highest BCUT2D eigenvalue weighted by molar-refractivity contribution is 5.32. The van der Waals surface area contributed by atoms with Gasteiger partial charge in [-0.25, -0.2) is 0 Å². The molecule has 3 nitrogen and oxygen atoms in total. The molecule has 0 aliphatic carbocycles. The summed E-state index contributed by atoms with van der Waals surface area (Å²) in [5, 5.41) is 8.76. The van der Waals surface area contributed by atoms with E-state index in [9.17, 15) is 0 Å². The minimum atomic E-state index is -0.302. The summed E-state index contributed by atoms with van der Waals surface area (Å²) in [5.41, 5.74) is 1.62. The van der Waals surface area contributed by atoms with Gasteiger partial charge in [0.05, 0.1) is 24.8 Å². The second-order valence-corrected chi connectivity index (χ2v) is 4.71. The first kappa shape index (κ1) is 13.8. The van der Waals surface area contributed by atoms with Crippen LogP contribution in [0.15, 0.2) is 36.4 Å². The van der Waals surface area contributed by atoms with E-state index in [0.29, 0.717) is 24.7 Å². The number of rotatable bonds is 4. The molecule has 0 spiro atoms. The van der Waals surface area contributed by atoms with E-state index < -0.39 is 0 Å². The van der Waals surface area contributed by atoms with E-state index in [2.05, 4.69) is 25.1 Å². The van der Waals surface area contributed by atoms with Crippen molar-refractivity contribution in [1.82, 2.24) is 0 Å². The van der Waals surface area contributed by atoms with Gasteiger partial charge in [0.15, 0.2) is 6.29 Å². The molecule has 0 unspecified atom stereocenters. The molecule has 1 heterocycles. The quantitative estimate of drug-likeness (QED) is 0.774. The lowest BCUT2D eigenvalue weighted by Crippen LogP contribution is -2.25. The average molecular weight is 257 g/mol. The summed E-state index contributed by atoms with van der Waals surface area (Å²) in [5.74, 6) is 0.348. The van der Waals surface area contributed by atoms with Crippen LogP contribution in [0, 0.1) is 17.2 Å². The first-order valence-electron chi connectivity index (χ1n) is 6.73. The van der Waals surface area contributed by atoms with Crippen LogP contribution in [0.25, 0.3) is 0 Å². The second-order valence-electron chi connectivity index (χ2n) is 4.71. The fourth-order valence-electron chi connectivity index (χ4n) is 1.99. The summed E-state index contributed by atoms with van der Waals surface area (Å²) in [6.07, 6.45) is 6.34. The van der Waals surface area contributed by atoms with Gasteiger partial charge in [-0.1, -0.05) is 37.6 Å². The van der Waals surface area contributed by atoms with E-state index in [1.807, 2.05) is 12.1 Å². The number of allylic oxidation sites excluding steroid dienone is 1. The molecule has 19 heavy (non-hydrogen) atoms. The van der Waals surface area contributed by atoms with E-state index in [1.54, 1.807) is 12.1 Å². The highest BCUT2D eigenvalue weighted by Gasteiger charge is 2.21. The number of ether oxygens (including phenoxy) is 2. The van der Waals surface area contributed by atoms with Gasteiger partial charge < -0.3 is 9.47 Å². The van der Waals surface area contributed by atoms with Crippen molar-refractivity contribution >= 4 is 0 Å². The van der Waals surface area contributed by atoms with Gasteiger partial charge in [-0.3, -0.25) is 0 Å². The van der Waals surface area contributed by atoms with E-state index in [0.717, 1.165) is 12.0 Å². The first-order chi connectivity index (χ1) is 9.33. The van der Waals surface area contributed by atoms with Gasteiger partial charge in [-0.05, 0) is 18.6 Å². The highest BCUT2D eigenvalue weighted by atomic mass is 16.7. The Labute approximate surface area is 114 Å². The Bertz CT molecular complexity index is 451. The zero-order valence-electron chi connectivity index (χ0n) is 11.2. The molecule has 100 valence electrons. The van der Waals surface area contributed by atoms with E-state index >= 15 is 0 Å². The SMILES string of the molecule is CCCC=C[C@H]1CO[C@H](c2ccc(C#N)cc2)OC1. The third-order valence-corrected chi connectivity index (χ3v) is 3.10. The van der Waals surface area contributed by atoms with Crippen LogP contribution in [-0.4, -0.2) is 13.2 Å². The second kappa shape index (κ2) is 7.08. The van der Waals surface area contributed by atoms with Crippen LogP contribution in [0.1, 0.15) is 37.2 Å². The minimum Gasteiger partial charge on any atom is -0.348 e. The summed E-state index contributed by atoms with van der Waals surface area (Å²) in [7, 11) is 0. The molecule has 0 N–H and O–H groups in total. The predicted molar refractivity (Wildman–Crippen MR) is 73.3 cm³/mol. The van der Waals surface area contributed by atoms with Crippen molar-refractivity contribution in [3.63, 3.8) is 0 Å². The van der Waals surface area contributed by atoms with Gasteiger partial charge in [0.25, 0.3) is 0 Å². The van der Waals surface area contributed by atoms with Crippen molar-refractivity contribution in [2.75, 3.05) is 13.2 Å². The summed E-state index contributed by atoms with van der Waals surface area (Å²) in [4.78, 5) is 0. The molecule has 0 radical (unpaired) electrons. The van der Waals surface area contributed by atoms with Crippen LogP contribution in [0.3, 0.4) is 0 Å². The molecule has 1 aromatic carbocycles. The number of hydrogen-bond donors (Lipinski definition) is 0. The van der Waals surface area contributed by atoms with Crippen molar-refractivity contribution in [2.45, 2.75) is 26.1 Å². The highest BCUT2D eigenvalue weighted by Crippen LogP contribution is 2.25. The van der Waals surface area contributed by atoms with Gasteiger partial charge in [-0.2, -0.15) is 5.26 Å². The van der Waals surface area contributed by atoms with E-state index in [-0.39, 0.29) is 6.29 Å². The van der Waals surface area contributed by atoms with Crippen LogP contribution in [0.5, 0.6) is 0 Å². The van der Waals surface area contributed by atoms with Crippen LogP contribution in [0.4, 0.5) is 0 Å². The third-order valence-electron chi connectivity index (χ3n) is 3.10. The molecule has 0 atom stereocenters. The Morgan fingerprint density at radius 1 is 1.26 bits per heavy atom. The molecule has 1 aliphatic heterocycles. The Hall–Kier alpha value is -1.63. The topological polar surface area (TPSA) is 42.2 Å². The lowest BCUT2D eigenvalue weighted by atomic mass is 10.1. The van der Waals surface area contributed by atoms with Crippen LogP contribution >= 0.6 is 0 Å². The van der Waals surface area contributed by atoms with Crippen LogP contribution in [-0.2, 0) is 9.47 Å². The van der Waals surface area contributed by atoms with Crippen molar-refractivity contribution in [1.29, 1.82) is 5.26 Å². The molecule has 0 amide bonds. The smallest absolute Gasteiger partial charge is 0.183 e. The monoisotopic (exact) mass is 257 g/mol. The fraction of sp³-hybridized carbons (Fsp3) is 0.438. The molecular weight excluding hydrogens is 238 g/mol. The molecule has 1 fully saturated rings.